The molecule has 0 atom stereocenters. The lowest BCUT2D eigenvalue weighted by Crippen LogP contribution is -2.50. The number of benzene rings is 2. The standard InChI is InChI=1S/C25H34ClN3O2/c1-20(2)22-9-7-21(8-10-22)11-12-27-25(30)19-29-15-13-28(14-16-29)17-18-31-24-6-4-3-5-23(24)26/h3-10,20H,11-19H2,1-2H3,(H,27,30). The number of para-hydroxylation sites is 1. The Hall–Kier alpha value is -2.08. The molecule has 1 heterocycles. The highest BCUT2D eigenvalue weighted by atomic mass is 35.5. The summed E-state index contributed by atoms with van der Waals surface area (Å²) >= 11 is 6.12. The minimum atomic E-state index is 0.106. The molecular weight excluding hydrogens is 410 g/mol. The van der Waals surface area contributed by atoms with Crippen LogP contribution in [-0.4, -0.2) is 68.1 Å². The van der Waals surface area contributed by atoms with E-state index in [1.165, 1.54) is 11.1 Å². The van der Waals surface area contributed by atoms with Crippen molar-refractivity contribution in [2.75, 3.05) is 52.4 Å². The summed E-state index contributed by atoms with van der Waals surface area (Å²) in [7, 11) is 0. The first-order valence-electron chi connectivity index (χ1n) is 11.2. The third-order valence-corrected chi connectivity index (χ3v) is 6.03. The van der Waals surface area contributed by atoms with Crippen molar-refractivity contribution in [3.63, 3.8) is 0 Å². The number of amides is 1. The fourth-order valence-electron chi connectivity index (χ4n) is 3.69. The van der Waals surface area contributed by atoms with E-state index in [1.54, 1.807) is 0 Å². The van der Waals surface area contributed by atoms with Gasteiger partial charge in [-0.15, -0.1) is 0 Å². The van der Waals surface area contributed by atoms with Gasteiger partial charge in [-0.3, -0.25) is 14.6 Å². The lowest BCUT2D eigenvalue weighted by atomic mass is 10.0. The van der Waals surface area contributed by atoms with E-state index in [0.717, 1.165) is 44.9 Å². The largest absolute Gasteiger partial charge is 0.491 e. The second-order valence-corrected chi connectivity index (χ2v) is 8.80. The molecule has 0 radical (unpaired) electrons. The molecule has 31 heavy (non-hydrogen) atoms. The number of hydrogen-bond acceptors (Lipinski definition) is 4. The number of hydrogen-bond donors (Lipinski definition) is 1. The maximum atomic E-state index is 12.3. The van der Waals surface area contributed by atoms with Crippen molar-refractivity contribution in [2.24, 2.45) is 0 Å². The highest BCUT2D eigenvalue weighted by Gasteiger charge is 2.18. The van der Waals surface area contributed by atoms with Gasteiger partial charge < -0.3 is 10.1 Å². The summed E-state index contributed by atoms with van der Waals surface area (Å²) in [5, 5.41) is 3.70. The summed E-state index contributed by atoms with van der Waals surface area (Å²) in [6, 6.07) is 16.2. The topological polar surface area (TPSA) is 44.8 Å². The maximum absolute atomic E-state index is 12.3. The first-order chi connectivity index (χ1) is 15.0. The Morgan fingerprint density at radius 2 is 1.71 bits per heavy atom. The third-order valence-electron chi connectivity index (χ3n) is 5.72. The van der Waals surface area contributed by atoms with Crippen LogP contribution in [0.2, 0.25) is 5.02 Å². The van der Waals surface area contributed by atoms with Gasteiger partial charge >= 0.3 is 0 Å². The molecule has 1 N–H and O–H groups in total. The summed E-state index contributed by atoms with van der Waals surface area (Å²) in [6.45, 7) is 10.7. The van der Waals surface area contributed by atoms with Gasteiger partial charge in [-0.05, 0) is 35.6 Å². The zero-order chi connectivity index (χ0) is 22.1. The van der Waals surface area contributed by atoms with Gasteiger partial charge in [0, 0.05) is 39.3 Å². The van der Waals surface area contributed by atoms with Crippen molar-refractivity contribution in [1.82, 2.24) is 15.1 Å². The molecule has 0 aliphatic carbocycles. The van der Waals surface area contributed by atoms with Gasteiger partial charge in [-0.1, -0.05) is 61.8 Å². The average Bonchev–Trinajstić information content (AvgIpc) is 2.76. The van der Waals surface area contributed by atoms with Crippen molar-refractivity contribution in [3.05, 3.63) is 64.7 Å². The van der Waals surface area contributed by atoms with Crippen LogP contribution >= 0.6 is 11.6 Å². The van der Waals surface area contributed by atoms with Gasteiger partial charge in [0.2, 0.25) is 5.91 Å². The van der Waals surface area contributed by atoms with Gasteiger partial charge in [-0.2, -0.15) is 0 Å². The quantitative estimate of drug-likeness (QED) is 0.606. The van der Waals surface area contributed by atoms with E-state index in [4.69, 9.17) is 16.3 Å². The van der Waals surface area contributed by atoms with Crippen LogP contribution in [0.4, 0.5) is 0 Å². The number of nitrogens with one attached hydrogen (secondary N) is 1. The molecule has 0 spiro atoms. The van der Waals surface area contributed by atoms with Gasteiger partial charge in [0.05, 0.1) is 11.6 Å². The minimum absolute atomic E-state index is 0.106. The predicted molar refractivity (Wildman–Crippen MR) is 127 cm³/mol. The van der Waals surface area contributed by atoms with Crippen LogP contribution in [0.15, 0.2) is 48.5 Å². The second-order valence-electron chi connectivity index (χ2n) is 8.39. The molecule has 3 rings (SSSR count). The number of carbonyl (C=O) groups is 1. The molecule has 6 heteroatoms. The summed E-state index contributed by atoms with van der Waals surface area (Å²) in [4.78, 5) is 16.9. The van der Waals surface area contributed by atoms with E-state index >= 15 is 0 Å². The predicted octanol–water partition coefficient (Wildman–Crippen LogP) is 3.82. The number of nitrogens with zero attached hydrogens (tertiary/aromatic N) is 2. The molecule has 0 unspecified atom stereocenters. The smallest absolute Gasteiger partial charge is 0.234 e. The highest BCUT2D eigenvalue weighted by molar-refractivity contribution is 6.32. The highest BCUT2D eigenvalue weighted by Crippen LogP contribution is 2.23. The van der Waals surface area contributed by atoms with Crippen LogP contribution in [0, 0.1) is 0 Å². The van der Waals surface area contributed by atoms with Crippen LogP contribution in [0.3, 0.4) is 0 Å². The second kappa shape index (κ2) is 12.1. The molecular formula is C25H34ClN3O2. The first kappa shape index (κ1) is 23.6. The van der Waals surface area contributed by atoms with Gasteiger partial charge in [0.25, 0.3) is 0 Å². The maximum Gasteiger partial charge on any atom is 0.234 e. The molecule has 0 aromatic heterocycles. The van der Waals surface area contributed by atoms with Crippen LogP contribution in [0.1, 0.15) is 30.9 Å². The van der Waals surface area contributed by atoms with Gasteiger partial charge in [-0.25, -0.2) is 0 Å². The fourth-order valence-corrected chi connectivity index (χ4v) is 3.88. The Balaban J connectivity index is 1.28. The van der Waals surface area contributed by atoms with Crippen molar-refractivity contribution in [3.8, 4) is 5.75 Å². The average molecular weight is 444 g/mol. The molecule has 1 fully saturated rings. The van der Waals surface area contributed by atoms with E-state index < -0.39 is 0 Å². The summed E-state index contributed by atoms with van der Waals surface area (Å²) < 4.78 is 5.78. The Morgan fingerprint density at radius 3 is 2.39 bits per heavy atom. The number of halogens is 1. The van der Waals surface area contributed by atoms with E-state index in [9.17, 15) is 4.79 Å². The normalized spacial score (nSPS) is 15.2. The van der Waals surface area contributed by atoms with Crippen molar-refractivity contribution >= 4 is 17.5 Å². The Kier molecular flexibility index (Phi) is 9.19. The van der Waals surface area contributed by atoms with Gasteiger partial charge in [0.15, 0.2) is 0 Å². The van der Waals surface area contributed by atoms with Crippen LogP contribution < -0.4 is 10.1 Å². The first-order valence-corrected chi connectivity index (χ1v) is 11.6. The van der Waals surface area contributed by atoms with Crippen molar-refractivity contribution < 1.29 is 9.53 Å². The monoisotopic (exact) mass is 443 g/mol. The van der Waals surface area contributed by atoms with E-state index in [2.05, 4.69) is 53.2 Å². The molecule has 2 aromatic carbocycles. The molecule has 0 saturated carbocycles. The number of rotatable bonds is 10. The summed E-state index contributed by atoms with van der Waals surface area (Å²) in [5.74, 6) is 1.38. The molecule has 0 bridgehead atoms. The fraction of sp³-hybridized carbons (Fsp3) is 0.480. The summed E-state index contributed by atoms with van der Waals surface area (Å²) in [6.07, 6.45) is 0.864. The van der Waals surface area contributed by atoms with E-state index in [-0.39, 0.29) is 5.91 Å². The molecule has 168 valence electrons. The molecule has 1 aliphatic rings. The van der Waals surface area contributed by atoms with Crippen molar-refractivity contribution in [1.29, 1.82) is 0 Å². The summed E-state index contributed by atoms with van der Waals surface area (Å²) in [5.41, 5.74) is 2.61. The zero-order valence-electron chi connectivity index (χ0n) is 18.6. The molecule has 1 aliphatic heterocycles. The number of ether oxygens (including phenoxy) is 1. The van der Waals surface area contributed by atoms with Gasteiger partial charge in [0.1, 0.15) is 12.4 Å². The lowest BCUT2D eigenvalue weighted by Gasteiger charge is -2.34. The van der Waals surface area contributed by atoms with E-state index in [0.29, 0.717) is 30.6 Å². The SMILES string of the molecule is CC(C)c1ccc(CCNC(=O)CN2CCN(CCOc3ccccc3Cl)CC2)cc1. The molecule has 1 saturated heterocycles. The molecule has 5 nitrogen and oxygen atoms in total. The van der Waals surface area contributed by atoms with Crippen LogP contribution in [0.5, 0.6) is 5.75 Å². The third kappa shape index (κ3) is 7.84. The van der Waals surface area contributed by atoms with Crippen molar-refractivity contribution in [2.45, 2.75) is 26.2 Å². The molecule has 2 aromatic rings. The zero-order valence-corrected chi connectivity index (χ0v) is 19.4. The Labute approximate surface area is 191 Å². The molecule has 1 amide bonds. The number of carbonyl (C=O) groups excluding carboxylic acids is 1. The minimum Gasteiger partial charge on any atom is -0.491 e. The van der Waals surface area contributed by atoms with E-state index in [1.807, 2.05) is 24.3 Å². The Bertz CT molecular complexity index is 818. The lowest BCUT2D eigenvalue weighted by molar-refractivity contribution is -0.122. The Morgan fingerprint density at radius 1 is 1.03 bits per heavy atom. The number of piperazine rings is 1. The van der Waals surface area contributed by atoms with Crippen LogP contribution in [0.25, 0.3) is 0 Å². The van der Waals surface area contributed by atoms with Crippen LogP contribution in [-0.2, 0) is 11.2 Å².